The summed E-state index contributed by atoms with van der Waals surface area (Å²) in [6.45, 7) is 0. The summed E-state index contributed by atoms with van der Waals surface area (Å²) in [6, 6.07) is 10.2. The molecule has 0 fully saturated rings. The highest BCUT2D eigenvalue weighted by atomic mass is 32.2. The molecule has 0 aliphatic rings. The maximum absolute atomic E-state index is 3.33. The monoisotopic (exact) mass is 151 g/mol. The van der Waals surface area contributed by atoms with E-state index in [-0.39, 0.29) is 10.5 Å². The van der Waals surface area contributed by atoms with Gasteiger partial charge in [0.1, 0.15) is 0 Å². The number of benzene rings is 1. The summed E-state index contributed by atoms with van der Waals surface area (Å²) in [5.41, 5.74) is 1.20. The fourth-order valence-corrected chi connectivity index (χ4v) is 1.35. The third-order valence-corrected chi connectivity index (χ3v) is 1.74. The lowest BCUT2D eigenvalue weighted by Crippen LogP contribution is -1.77. The van der Waals surface area contributed by atoms with E-state index in [1.165, 1.54) is 5.56 Å². The average Bonchev–Trinajstić information content (AvgIpc) is 1.88. The van der Waals surface area contributed by atoms with Gasteiger partial charge in [-0.1, -0.05) is 30.3 Å². The van der Waals surface area contributed by atoms with Gasteiger partial charge in [0, 0.05) is 5.37 Å². The SMILES string of the molecule is CS(C)=[C]c1ccccc1. The third kappa shape index (κ3) is 2.36. The summed E-state index contributed by atoms with van der Waals surface area (Å²) in [4.78, 5) is 0. The Morgan fingerprint density at radius 3 is 2.20 bits per heavy atom. The second kappa shape index (κ2) is 3.57. The summed E-state index contributed by atoms with van der Waals surface area (Å²) >= 11 is 0. The van der Waals surface area contributed by atoms with Crippen molar-refractivity contribution in [2.75, 3.05) is 12.5 Å². The van der Waals surface area contributed by atoms with E-state index in [0.717, 1.165) is 0 Å². The zero-order valence-corrected chi connectivity index (χ0v) is 7.11. The van der Waals surface area contributed by atoms with Crippen LogP contribution in [0.15, 0.2) is 30.3 Å². The van der Waals surface area contributed by atoms with Gasteiger partial charge in [-0.05, 0) is 18.1 Å². The van der Waals surface area contributed by atoms with Crippen molar-refractivity contribution >= 4 is 15.9 Å². The maximum atomic E-state index is 3.33. The Labute approximate surface area is 64.8 Å². The van der Waals surface area contributed by atoms with Gasteiger partial charge < -0.3 is 0 Å². The van der Waals surface area contributed by atoms with Gasteiger partial charge in [-0.2, -0.15) is 10.5 Å². The smallest absolute Gasteiger partial charge is 0.0181 e. The molecular weight excluding hydrogens is 140 g/mol. The number of hydrogen-bond donors (Lipinski definition) is 0. The Morgan fingerprint density at radius 1 is 1.10 bits per heavy atom. The van der Waals surface area contributed by atoms with E-state index in [2.05, 4.69) is 30.0 Å². The van der Waals surface area contributed by atoms with Crippen molar-refractivity contribution in [3.8, 4) is 0 Å². The van der Waals surface area contributed by atoms with Gasteiger partial charge in [0.05, 0.1) is 0 Å². The minimum atomic E-state index is 0.283. The standard InChI is InChI=1S/C9H11S/c1-10(2)8-9-6-4-3-5-7-9/h3-7H,1-2H3. The van der Waals surface area contributed by atoms with Crippen LogP contribution in [0.2, 0.25) is 0 Å². The highest BCUT2D eigenvalue weighted by Gasteiger charge is 1.82. The van der Waals surface area contributed by atoms with Crippen LogP contribution in [0.25, 0.3) is 0 Å². The lowest BCUT2D eigenvalue weighted by molar-refractivity contribution is 1.69. The van der Waals surface area contributed by atoms with E-state index in [9.17, 15) is 0 Å². The molecule has 53 valence electrons. The van der Waals surface area contributed by atoms with Crippen molar-refractivity contribution in [2.24, 2.45) is 0 Å². The van der Waals surface area contributed by atoms with Crippen LogP contribution in [-0.2, 0) is 0 Å². The second-order valence-corrected chi connectivity index (χ2v) is 4.12. The number of hydrogen-bond acceptors (Lipinski definition) is 0. The number of rotatable bonds is 1. The minimum Gasteiger partial charge on any atom is -0.183 e. The Kier molecular flexibility index (Phi) is 2.69. The van der Waals surface area contributed by atoms with Gasteiger partial charge in [0.25, 0.3) is 0 Å². The predicted octanol–water partition coefficient (Wildman–Crippen LogP) is 2.24. The van der Waals surface area contributed by atoms with Crippen LogP contribution in [-0.4, -0.2) is 17.9 Å². The molecule has 1 heteroatoms. The lowest BCUT2D eigenvalue weighted by atomic mass is 10.2. The summed E-state index contributed by atoms with van der Waals surface area (Å²) in [5, 5.41) is 3.33. The van der Waals surface area contributed by atoms with Crippen molar-refractivity contribution in [2.45, 2.75) is 0 Å². The van der Waals surface area contributed by atoms with Gasteiger partial charge in [0.15, 0.2) is 0 Å². The van der Waals surface area contributed by atoms with E-state index >= 15 is 0 Å². The highest BCUT2D eigenvalue weighted by Crippen LogP contribution is 2.02. The Morgan fingerprint density at radius 2 is 1.70 bits per heavy atom. The first-order chi connectivity index (χ1) is 4.79. The van der Waals surface area contributed by atoms with E-state index < -0.39 is 0 Å². The van der Waals surface area contributed by atoms with Crippen LogP contribution in [0.1, 0.15) is 5.56 Å². The summed E-state index contributed by atoms with van der Waals surface area (Å²) in [6.07, 6.45) is 4.32. The van der Waals surface area contributed by atoms with Crippen molar-refractivity contribution in [1.29, 1.82) is 0 Å². The predicted molar refractivity (Wildman–Crippen MR) is 50.0 cm³/mol. The molecule has 0 heterocycles. The molecule has 1 radical (unpaired) electrons. The summed E-state index contributed by atoms with van der Waals surface area (Å²) in [7, 11) is 0.283. The van der Waals surface area contributed by atoms with Crippen molar-refractivity contribution in [3.63, 3.8) is 0 Å². The molecule has 0 saturated heterocycles. The minimum absolute atomic E-state index is 0.283. The van der Waals surface area contributed by atoms with Crippen LogP contribution >= 0.6 is 10.5 Å². The molecule has 0 spiro atoms. The fourth-order valence-electron chi connectivity index (χ4n) is 0.742. The first kappa shape index (κ1) is 7.55. The molecule has 0 aliphatic carbocycles. The normalized spacial score (nSPS) is 9.90. The second-order valence-electron chi connectivity index (χ2n) is 2.28. The molecule has 0 saturated carbocycles. The lowest BCUT2D eigenvalue weighted by Gasteiger charge is -1.91. The first-order valence-corrected chi connectivity index (χ1v) is 5.22. The van der Waals surface area contributed by atoms with E-state index in [1.54, 1.807) is 0 Å². The topological polar surface area (TPSA) is 0 Å². The molecule has 0 aliphatic heterocycles. The quantitative estimate of drug-likeness (QED) is 0.540. The molecule has 1 rings (SSSR count). The Hall–Kier alpha value is -0.560. The van der Waals surface area contributed by atoms with Gasteiger partial charge in [0.2, 0.25) is 0 Å². The van der Waals surface area contributed by atoms with Crippen LogP contribution in [0.5, 0.6) is 0 Å². The van der Waals surface area contributed by atoms with Gasteiger partial charge in [-0.15, -0.1) is 0 Å². The van der Waals surface area contributed by atoms with Crippen LogP contribution in [0.3, 0.4) is 0 Å². The molecule has 0 atom stereocenters. The van der Waals surface area contributed by atoms with Crippen molar-refractivity contribution < 1.29 is 0 Å². The maximum Gasteiger partial charge on any atom is 0.0181 e. The third-order valence-electron chi connectivity index (χ3n) is 1.10. The van der Waals surface area contributed by atoms with Crippen LogP contribution in [0, 0.1) is 0 Å². The molecule has 10 heavy (non-hydrogen) atoms. The Balaban J connectivity index is 2.87. The molecule has 1 aromatic carbocycles. The molecule has 0 nitrogen and oxygen atoms in total. The molecule has 1 aromatic rings. The first-order valence-electron chi connectivity index (χ1n) is 3.18. The van der Waals surface area contributed by atoms with E-state index in [1.807, 2.05) is 18.2 Å². The molecule has 0 aromatic heterocycles. The van der Waals surface area contributed by atoms with Crippen molar-refractivity contribution in [1.82, 2.24) is 0 Å². The van der Waals surface area contributed by atoms with E-state index in [0.29, 0.717) is 0 Å². The highest BCUT2D eigenvalue weighted by molar-refractivity contribution is 8.14. The average molecular weight is 151 g/mol. The van der Waals surface area contributed by atoms with Crippen molar-refractivity contribution in [3.05, 3.63) is 35.9 Å². The molecular formula is C9H11S. The summed E-state index contributed by atoms with van der Waals surface area (Å²) in [5.74, 6) is 0. The molecule has 0 amide bonds. The molecule has 0 bridgehead atoms. The summed E-state index contributed by atoms with van der Waals surface area (Å²) < 4.78 is 0. The van der Waals surface area contributed by atoms with Crippen LogP contribution < -0.4 is 0 Å². The fraction of sp³-hybridized carbons (Fsp3) is 0.222. The zero-order chi connectivity index (χ0) is 7.40. The Bertz CT molecular complexity index is 220. The largest absolute Gasteiger partial charge is 0.183 e. The van der Waals surface area contributed by atoms with Gasteiger partial charge in [-0.25, -0.2) is 0 Å². The van der Waals surface area contributed by atoms with Gasteiger partial charge >= 0.3 is 0 Å². The molecule has 0 unspecified atom stereocenters. The van der Waals surface area contributed by atoms with Crippen LogP contribution in [0.4, 0.5) is 0 Å². The zero-order valence-electron chi connectivity index (χ0n) is 6.29. The molecule has 0 N–H and O–H groups in total. The van der Waals surface area contributed by atoms with E-state index in [4.69, 9.17) is 0 Å². The van der Waals surface area contributed by atoms with Gasteiger partial charge in [-0.3, -0.25) is 0 Å².